The fourth-order valence-corrected chi connectivity index (χ4v) is 10.3. The molecule has 0 aliphatic rings. The van der Waals surface area contributed by atoms with Gasteiger partial charge >= 0.3 is 17.9 Å². The highest BCUT2D eigenvalue weighted by Crippen LogP contribution is 2.19. The molecule has 0 aliphatic heterocycles. The Kier molecular flexibility index (Phi) is 58.9. The maximum Gasteiger partial charge on any atom is 0.306 e. The summed E-state index contributed by atoms with van der Waals surface area (Å²) in [5.41, 5.74) is 0. The normalized spacial score (nSPS) is 12.0. The SMILES string of the molecule is CCCCCCCCCCCCCCCCCCCCCC(=O)OC[C@@H](COC(=O)CCCCCCCCCCCCCCCC(C)C)OC(=O)CCCCCCCCCCCCCCCCCCCCC. The Morgan fingerprint density at radius 2 is 0.458 bits per heavy atom. The molecular weight excluding hydrogens is 889 g/mol. The fourth-order valence-electron chi connectivity index (χ4n) is 10.3. The molecule has 0 unspecified atom stereocenters. The molecule has 6 heteroatoms. The lowest BCUT2D eigenvalue weighted by molar-refractivity contribution is -0.167. The van der Waals surface area contributed by atoms with E-state index in [9.17, 15) is 14.4 Å². The number of hydrogen-bond donors (Lipinski definition) is 0. The minimum atomic E-state index is -0.763. The molecule has 0 fully saturated rings. The first-order valence-electron chi connectivity index (χ1n) is 32.9. The van der Waals surface area contributed by atoms with Crippen LogP contribution in [0.3, 0.4) is 0 Å². The van der Waals surface area contributed by atoms with Crippen LogP contribution in [0.2, 0.25) is 0 Å². The lowest BCUT2D eigenvalue weighted by Crippen LogP contribution is -2.30. The van der Waals surface area contributed by atoms with Gasteiger partial charge in [0.15, 0.2) is 6.10 Å². The monoisotopic (exact) mass is 1020 g/mol. The van der Waals surface area contributed by atoms with Gasteiger partial charge in [-0.05, 0) is 25.2 Å². The minimum Gasteiger partial charge on any atom is -0.462 e. The zero-order valence-electron chi connectivity index (χ0n) is 49.4. The van der Waals surface area contributed by atoms with Crippen molar-refractivity contribution >= 4 is 17.9 Å². The summed E-state index contributed by atoms with van der Waals surface area (Å²) in [6.45, 7) is 9.09. The van der Waals surface area contributed by atoms with E-state index in [1.165, 1.54) is 276 Å². The Morgan fingerprint density at radius 3 is 0.681 bits per heavy atom. The summed E-state index contributed by atoms with van der Waals surface area (Å²) in [5, 5.41) is 0. The Bertz CT molecular complexity index is 1090. The molecule has 0 radical (unpaired) electrons. The van der Waals surface area contributed by atoms with Crippen LogP contribution in [0, 0.1) is 5.92 Å². The van der Waals surface area contributed by atoms with E-state index in [-0.39, 0.29) is 31.1 Å². The average Bonchev–Trinajstić information content (AvgIpc) is 3.37. The Labute approximate surface area is 450 Å². The van der Waals surface area contributed by atoms with Gasteiger partial charge < -0.3 is 14.2 Å². The molecule has 0 bridgehead atoms. The Morgan fingerprint density at radius 1 is 0.264 bits per heavy atom. The van der Waals surface area contributed by atoms with E-state index >= 15 is 0 Å². The number of carbonyl (C=O) groups excluding carboxylic acids is 3. The number of esters is 3. The van der Waals surface area contributed by atoms with Gasteiger partial charge in [0.1, 0.15) is 13.2 Å². The van der Waals surface area contributed by atoms with Gasteiger partial charge in [-0.15, -0.1) is 0 Å². The lowest BCUT2D eigenvalue weighted by Gasteiger charge is -2.18. The van der Waals surface area contributed by atoms with Crippen molar-refractivity contribution in [2.75, 3.05) is 13.2 Å². The molecule has 1 atom stereocenters. The van der Waals surface area contributed by atoms with Crippen LogP contribution in [-0.4, -0.2) is 37.2 Å². The van der Waals surface area contributed by atoms with E-state index in [0.717, 1.165) is 63.7 Å². The zero-order chi connectivity index (χ0) is 52.3. The van der Waals surface area contributed by atoms with Crippen LogP contribution in [0.5, 0.6) is 0 Å². The largest absolute Gasteiger partial charge is 0.462 e. The first-order valence-corrected chi connectivity index (χ1v) is 32.9. The zero-order valence-corrected chi connectivity index (χ0v) is 49.4. The van der Waals surface area contributed by atoms with Crippen molar-refractivity contribution in [3.05, 3.63) is 0 Å². The summed E-state index contributed by atoms with van der Waals surface area (Å²) < 4.78 is 17.0. The lowest BCUT2D eigenvalue weighted by atomic mass is 10.0. The number of unbranched alkanes of at least 4 members (excludes halogenated alkanes) is 48. The summed E-state index contributed by atoms with van der Waals surface area (Å²) in [6, 6.07) is 0. The second-order valence-corrected chi connectivity index (χ2v) is 23.2. The Balaban J connectivity index is 4.28. The van der Waals surface area contributed by atoms with E-state index < -0.39 is 6.10 Å². The van der Waals surface area contributed by atoms with Crippen molar-refractivity contribution < 1.29 is 28.6 Å². The molecule has 0 amide bonds. The predicted octanol–water partition coefficient (Wildman–Crippen LogP) is 22.1. The number of hydrogen-bond acceptors (Lipinski definition) is 6. The van der Waals surface area contributed by atoms with E-state index in [2.05, 4.69) is 27.7 Å². The molecule has 0 saturated carbocycles. The van der Waals surface area contributed by atoms with E-state index in [1.54, 1.807) is 0 Å². The van der Waals surface area contributed by atoms with Gasteiger partial charge in [0, 0.05) is 19.3 Å². The van der Waals surface area contributed by atoms with Gasteiger partial charge in [0.25, 0.3) is 0 Å². The van der Waals surface area contributed by atoms with Crippen molar-refractivity contribution in [2.24, 2.45) is 5.92 Å². The van der Waals surface area contributed by atoms with Crippen molar-refractivity contribution in [3.8, 4) is 0 Å². The quantitative estimate of drug-likeness (QED) is 0.0343. The topological polar surface area (TPSA) is 78.9 Å². The van der Waals surface area contributed by atoms with Crippen molar-refractivity contribution in [1.82, 2.24) is 0 Å². The van der Waals surface area contributed by atoms with Crippen LogP contribution in [-0.2, 0) is 28.6 Å². The predicted molar refractivity (Wildman–Crippen MR) is 312 cm³/mol. The van der Waals surface area contributed by atoms with Crippen molar-refractivity contribution in [3.63, 3.8) is 0 Å². The van der Waals surface area contributed by atoms with Gasteiger partial charge in [0.05, 0.1) is 0 Å². The summed E-state index contributed by atoms with van der Waals surface area (Å²) in [4.78, 5) is 38.3. The maximum absolute atomic E-state index is 12.9. The standard InChI is InChI=1S/C66H128O6/c1-5-7-9-11-13-15-17-19-21-23-25-27-29-33-37-41-45-49-53-57-64(67)70-60-63(61-71-65(68)58-54-50-46-42-38-35-31-32-36-40-44-48-52-56-62(3)4)72-66(69)59-55-51-47-43-39-34-30-28-26-24-22-20-18-16-14-12-10-8-6-2/h62-63H,5-61H2,1-4H3/t63-/m0/s1. The van der Waals surface area contributed by atoms with E-state index in [1.807, 2.05) is 0 Å². The van der Waals surface area contributed by atoms with E-state index in [0.29, 0.717) is 19.3 Å². The summed E-state index contributed by atoms with van der Waals surface area (Å²) >= 11 is 0. The highest BCUT2D eigenvalue weighted by atomic mass is 16.6. The van der Waals surface area contributed by atoms with Crippen LogP contribution in [0.15, 0.2) is 0 Å². The number of carbonyl (C=O) groups is 3. The van der Waals surface area contributed by atoms with E-state index in [4.69, 9.17) is 14.2 Å². The van der Waals surface area contributed by atoms with Gasteiger partial charge in [-0.3, -0.25) is 14.4 Å². The second kappa shape index (κ2) is 60.3. The van der Waals surface area contributed by atoms with Gasteiger partial charge in [0.2, 0.25) is 0 Å². The molecule has 0 aromatic carbocycles. The molecule has 0 spiro atoms. The van der Waals surface area contributed by atoms with Crippen LogP contribution >= 0.6 is 0 Å². The van der Waals surface area contributed by atoms with Crippen LogP contribution in [0.4, 0.5) is 0 Å². The molecule has 6 nitrogen and oxygen atoms in total. The highest BCUT2D eigenvalue weighted by molar-refractivity contribution is 5.71. The summed E-state index contributed by atoms with van der Waals surface area (Å²) in [7, 11) is 0. The molecule has 0 aromatic heterocycles. The molecule has 0 rings (SSSR count). The summed E-state index contributed by atoms with van der Waals surface area (Å²) in [6.07, 6.45) is 68.2. The third-order valence-electron chi connectivity index (χ3n) is 15.3. The first kappa shape index (κ1) is 70.4. The molecule has 0 N–H and O–H groups in total. The highest BCUT2D eigenvalue weighted by Gasteiger charge is 2.19. The third-order valence-corrected chi connectivity index (χ3v) is 15.3. The van der Waals surface area contributed by atoms with Crippen LogP contribution < -0.4 is 0 Å². The first-order chi connectivity index (χ1) is 35.4. The Hall–Kier alpha value is -1.59. The molecule has 0 aromatic rings. The second-order valence-electron chi connectivity index (χ2n) is 23.2. The average molecular weight is 1020 g/mol. The van der Waals surface area contributed by atoms with Gasteiger partial charge in [-0.1, -0.05) is 342 Å². The molecule has 0 heterocycles. The van der Waals surface area contributed by atoms with Crippen LogP contribution in [0.1, 0.15) is 381 Å². The maximum atomic E-state index is 12.9. The van der Waals surface area contributed by atoms with Crippen LogP contribution in [0.25, 0.3) is 0 Å². The minimum absolute atomic E-state index is 0.0610. The molecule has 72 heavy (non-hydrogen) atoms. The fraction of sp³-hybridized carbons (Fsp3) is 0.955. The van der Waals surface area contributed by atoms with Crippen molar-refractivity contribution in [2.45, 2.75) is 387 Å². The molecule has 0 saturated heterocycles. The molecule has 428 valence electrons. The number of ether oxygens (including phenoxy) is 3. The number of rotatable bonds is 61. The molecule has 0 aliphatic carbocycles. The third kappa shape index (κ3) is 59.3. The smallest absolute Gasteiger partial charge is 0.306 e. The van der Waals surface area contributed by atoms with Gasteiger partial charge in [-0.25, -0.2) is 0 Å². The van der Waals surface area contributed by atoms with Crippen molar-refractivity contribution in [1.29, 1.82) is 0 Å². The van der Waals surface area contributed by atoms with Gasteiger partial charge in [-0.2, -0.15) is 0 Å². The molecular formula is C66H128O6. The summed E-state index contributed by atoms with van der Waals surface area (Å²) in [5.74, 6) is 0.0138.